The lowest BCUT2D eigenvalue weighted by molar-refractivity contribution is -0.137. The number of nitrogens with zero attached hydrogens (tertiary/aromatic N) is 1. The lowest BCUT2D eigenvalue weighted by Crippen LogP contribution is -2.36. The van der Waals surface area contributed by atoms with Crippen LogP contribution >= 0.6 is 11.9 Å². The van der Waals surface area contributed by atoms with E-state index >= 15 is 0 Å². The van der Waals surface area contributed by atoms with E-state index < -0.39 is 23.9 Å². The Morgan fingerprint density at radius 2 is 2.03 bits per heavy atom. The maximum atomic E-state index is 13.9. The van der Waals surface area contributed by atoms with Crippen LogP contribution in [0.5, 0.6) is 5.75 Å². The van der Waals surface area contributed by atoms with Gasteiger partial charge in [0.2, 0.25) is 0 Å². The summed E-state index contributed by atoms with van der Waals surface area (Å²) in [6, 6.07) is 7.48. The summed E-state index contributed by atoms with van der Waals surface area (Å²) in [5.41, 5.74) is -0.215. The van der Waals surface area contributed by atoms with Crippen LogP contribution in [0.15, 0.2) is 41.3 Å². The zero-order valence-corrected chi connectivity index (χ0v) is 16.8. The average Bonchev–Trinajstić information content (AvgIpc) is 2.71. The monoisotopic (exact) mass is 444 g/mol. The normalized spacial score (nSPS) is 17.0. The lowest BCUT2D eigenvalue weighted by atomic mass is 10.1. The molecule has 1 aliphatic heterocycles. The molecule has 0 amide bonds. The van der Waals surface area contributed by atoms with Gasteiger partial charge in [0, 0.05) is 13.1 Å². The molecule has 0 aliphatic carbocycles. The van der Waals surface area contributed by atoms with Crippen molar-refractivity contribution in [2.45, 2.75) is 30.1 Å². The van der Waals surface area contributed by atoms with E-state index in [2.05, 4.69) is 4.72 Å². The highest BCUT2D eigenvalue weighted by atomic mass is 32.2. The number of rotatable bonds is 6. The maximum Gasteiger partial charge on any atom is 0.416 e. The summed E-state index contributed by atoms with van der Waals surface area (Å²) in [6.45, 7) is 0.630. The van der Waals surface area contributed by atoms with Gasteiger partial charge in [-0.05, 0) is 61.2 Å². The van der Waals surface area contributed by atoms with Crippen LogP contribution in [0, 0.1) is 0 Å². The Bertz CT molecular complexity index is 923. The summed E-state index contributed by atoms with van der Waals surface area (Å²) in [4.78, 5) is 13.3. The largest absolute Gasteiger partial charge is 0.496 e. The molecule has 5 nitrogen and oxygen atoms in total. The van der Waals surface area contributed by atoms with E-state index in [9.17, 15) is 27.5 Å². The quantitative estimate of drug-likeness (QED) is 0.455. The van der Waals surface area contributed by atoms with Gasteiger partial charge in [-0.1, -0.05) is 0 Å². The molecule has 1 fully saturated rings. The van der Waals surface area contributed by atoms with E-state index in [1.165, 1.54) is 31.4 Å². The number of carbonyl (C=O) groups is 1. The van der Waals surface area contributed by atoms with Gasteiger partial charge in [0.15, 0.2) is 0 Å². The van der Waals surface area contributed by atoms with E-state index in [0.717, 1.165) is 24.1 Å². The third-order valence-corrected chi connectivity index (χ3v) is 5.57. The number of hydrogen-bond donors (Lipinski definition) is 2. The molecule has 3 rings (SSSR count). The lowest BCUT2D eigenvalue weighted by Gasteiger charge is -2.32. The topological polar surface area (TPSA) is 61.8 Å². The first-order valence-electron chi connectivity index (χ1n) is 9.13. The van der Waals surface area contributed by atoms with Crippen molar-refractivity contribution >= 4 is 29.3 Å². The molecule has 2 aromatic carbocycles. The van der Waals surface area contributed by atoms with Gasteiger partial charge < -0.3 is 19.5 Å². The first-order valence-corrected chi connectivity index (χ1v) is 9.95. The molecule has 2 aromatic rings. The third-order valence-electron chi connectivity index (χ3n) is 4.71. The smallest absolute Gasteiger partial charge is 0.416 e. The fourth-order valence-electron chi connectivity index (χ4n) is 3.21. The second-order valence-electron chi connectivity index (χ2n) is 6.79. The Kier molecular flexibility index (Phi) is 6.64. The van der Waals surface area contributed by atoms with Gasteiger partial charge in [-0.25, -0.2) is 9.18 Å². The van der Waals surface area contributed by atoms with Crippen LogP contribution in [0.2, 0.25) is 0 Å². The van der Waals surface area contributed by atoms with E-state index in [4.69, 9.17) is 4.74 Å². The fourth-order valence-corrected chi connectivity index (χ4v) is 4.03. The van der Waals surface area contributed by atoms with Crippen molar-refractivity contribution in [1.82, 2.24) is 0 Å². The summed E-state index contributed by atoms with van der Waals surface area (Å²) >= 11 is 0.928. The molecule has 2 N–H and O–H groups in total. The molecular weight excluding hydrogens is 424 g/mol. The van der Waals surface area contributed by atoms with Crippen molar-refractivity contribution in [3.8, 4) is 5.75 Å². The second kappa shape index (κ2) is 9.03. The van der Waals surface area contributed by atoms with Gasteiger partial charge in [-0.2, -0.15) is 13.2 Å². The van der Waals surface area contributed by atoms with Crippen LogP contribution in [0.3, 0.4) is 0 Å². The van der Waals surface area contributed by atoms with Crippen molar-refractivity contribution in [2.75, 3.05) is 29.8 Å². The summed E-state index contributed by atoms with van der Waals surface area (Å²) in [7, 11) is 1.41. The molecular formula is C20H20F4N2O3S. The van der Waals surface area contributed by atoms with Crippen LogP contribution < -0.4 is 14.4 Å². The van der Waals surface area contributed by atoms with E-state index in [0.29, 0.717) is 35.7 Å². The Morgan fingerprint density at radius 1 is 1.27 bits per heavy atom. The summed E-state index contributed by atoms with van der Waals surface area (Å²) in [6.07, 6.45) is -4.56. The van der Waals surface area contributed by atoms with Gasteiger partial charge in [0.05, 0.1) is 34.5 Å². The van der Waals surface area contributed by atoms with E-state index in [-0.39, 0.29) is 17.8 Å². The van der Waals surface area contributed by atoms with Crippen LogP contribution in [0.4, 0.5) is 28.9 Å². The van der Waals surface area contributed by atoms with Crippen LogP contribution in [-0.2, 0) is 6.18 Å². The first kappa shape index (κ1) is 22.1. The highest BCUT2D eigenvalue weighted by molar-refractivity contribution is 8.00. The number of alkyl halides is 4. The van der Waals surface area contributed by atoms with Gasteiger partial charge in [0.25, 0.3) is 0 Å². The zero-order chi connectivity index (χ0) is 21.9. The minimum absolute atomic E-state index is 0.0145. The highest BCUT2D eigenvalue weighted by Crippen LogP contribution is 2.39. The minimum Gasteiger partial charge on any atom is -0.496 e. The molecule has 0 aromatic heterocycles. The Hall–Kier alpha value is -2.62. The third kappa shape index (κ3) is 5.10. The van der Waals surface area contributed by atoms with Crippen LogP contribution in [0.1, 0.15) is 28.8 Å². The summed E-state index contributed by atoms with van der Waals surface area (Å²) in [5, 5.41) is 9.19. The van der Waals surface area contributed by atoms with E-state index in [1.54, 1.807) is 4.90 Å². The number of methoxy groups -OCH3 is 1. The predicted molar refractivity (Wildman–Crippen MR) is 107 cm³/mol. The maximum absolute atomic E-state index is 13.9. The van der Waals surface area contributed by atoms with Crippen molar-refractivity contribution in [2.24, 2.45) is 0 Å². The van der Waals surface area contributed by atoms with E-state index in [1.807, 2.05) is 0 Å². The zero-order valence-electron chi connectivity index (χ0n) is 16.0. The second-order valence-corrected chi connectivity index (χ2v) is 7.64. The standard InChI is InChI=1S/C20H20F4N2O3S/c1-29-17-7-4-12(19(27)28)9-18(17)30-25-15-10-13(20(22,23)24)5-6-16(15)26-8-2-3-14(21)11-26/h4-7,9-10,14,25H,2-3,8,11H2,1H3,(H,27,28). The Balaban J connectivity index is 1.93. The Morgan fingerprint density at radius 3 is 2.67 bits per heavy atom. The van der Waals surface area contributed by atoms with Crippen molar-refractivity contribution in [3.05, 3.63) is 47.5 Å². The highest BCUT2D eigenvalue weighted by Gasteiger charge is 2.32. The molecule has 0 spiro atoms. The molecule has 0 bridgehead atoms. The van der Waals surface area contributed by atoms with Crippen LogP contribution in [-0.4, -0.2) is 37.4 Å². The summed E-state index contributed by atoms with van der Waals surface area (Å²) < 4.78 is 61.7. The summed E-state index contributed by atoms with van der Waals surface area (Å²) in [5.74, 6) is -0.769. The molecule has 30 heavy (non-hydrogen) atoms. The molecule has 1 saturated heterocycles. The number of anilines is 2. The number of halogens is 4. The van der Waals surface area contributed by atoms with Gasteiger partial charge in [-0.15, -0.1) is 0 Å². The molecule has 0 saturated carbocycles. The van der Waals surface area contributed by atoms with Gasteiger partial charge >= 0.3 is 12.1 Å². The number of ether oxygens (including phenoxy) is 1. The molecule has 1 unspecified atom stereocenters. The molecule has 1 aliphatic rings. The van der Waals surface area contributed by atoms with Crippen LogP contribution in [0.25, 0.3) is 0 Å². The number of aromatic carboxylic acids is 1. The Labute approximate surface area is 175 Å². The van der Waals surface area contributed by atoms with Gasteiger partial charge in [0.1, 0.15) is 11.9 Å². The number of nitrogens with one attached hydrogen (secondary N) is 1. The minimum atomic E-state index is -4.54. The van der Waals surface area contributed by atoms with Crippen molar-refractivity contribution in [3.63, 3.8) is 0 Å². The number of piperidine rings is 1. The molecule has 162 valence electrons. The van der Waals surface area contributed by atoms with Crippen molar-refractivity contribution in [1.29, 1.82) is 0 Å². The number of hydrogen-bond acceptors (Lipinski definition) is 5. The molecule has 10 heteroatoms. The fraction of sp³-hybridized carbons (Fsp3) is 0.350. The average molecular weight is 444 g/mol. The molecule has 1 atom stereocenters. The van der Waals surface area contributed by atoms with Crippen molar-refractivity contribution < 1.29 is 32.2 Å². The number of carboxylic acid groups (broad SMARTS) is 1. The molecule has 0 radical (unpaired) electrons. The predicted octanol–water partition coefficient (Wildman–Crippen LogP) is 5.47. The SMILES string of the molecule is COc1ccc(C(=O)O)cc1SNc1cc(C(F)(F)F)ccc1N1CCCC(F)C1. The molecule has 1 heterocycles. The van der Waals surface area contributed by atoms with Gasteiger partial charge in [-0.3, -0.25) is 0 Å². The number of carboxylic acids is 1. The number of benzene rings is 2. The first-order chi connectivity index (χ1) is 14.2.